The van der Waals surface area contributed by atoms with Crippen LogP contribution in [0.2, 0.25) is 0 Å². The fraction of sp³-hybridized carbons (Fsp3) is 0.929. The van der Waals surface area contributed by atoms with Crippen LogP contribution in [0.15, 0.2) is 4.99 Å². The van der Waals surface area contributed by atoms with Crippen molar-refractivity contribution in [2.75, 3.05) is 13.1 Å². The zero-order valence-corrected chi connectivity index (χ0v) is 11.1. The van der Waals surface area contributed by atoms with Crippen molar-refractivity contribution in [2.45, 2.75) is 65.2 Å². The SMILES string of the molecule is CCCCC(CC)CNC1=NCCCCC1. The third-order valence-corrected chi connectivity index (χ3v) is 3.51. The summed E-state index contributed by atoms with van der Waals surface area (Å²) < 4.78 is 0. The molecule has 0 aromatic carbocycles. The quantitative estimate of drug-likeness (QED) is 0.730. The van der Waals surface area contributed by atoms with Crippen molar-refractivity contribution < 1.29 is 0 Å². The minimum atomic E-state index is 0.839. The average Bonchev–Trinajstić information content (AvgIpc) is 2.58. The molecule has 94 valence electrons. The molecule has 0 bridgehead atoms. The van der Waals surface area contributed by atoms with E-state index in [-0.39, 0.29) is 0 Å². The van der Waals surface area contributed by atoms with Gasteiger partial charge in [-0.2, -0.15) is 0 Å². The Bertz CT molecular complexity index is 199. The van der Waals surface area contributed by atoms with Crippen molar-refractivity contribution in [2.24, 2.45) is 10.9 Å². The molecular weight excluding hydrogens is 196 g/mol. The summed E-state index contributed by atoms with van der Waals surface area (Å²) in [4.78, 5) is 4.62. The van der Waals surface area contributed by atoms with Crippen LogP contribution in [-0.2, 0) is 0 Å². The Hall–Kier alpha value is -0.530. The van der Waals surface area contributed by atoms with E-state index in [1.165, 1.54) is 57.2 Å². The zero-order valence-electron chi connectivity index (χ0n) is 11.1. The second-order valence-corrected chi connectivity index (χ2v) is 4.94. The minimum Gasteiger partial charge on any atom is -0.374 e. The number of aliphatic imine (C=N–C) groups is 1. The zero-order chi connectivity index (χ0) is 11.6. The van der Waals surface area contributed by atoms with Crippen molar-refractivity contribution in [3.8, 4) is 0 Å². The number of amidine groups is 1. The van der Waals surface area contributed by atoms with Crippen LogP contribution in [0.25, 0.3) is 0 Å². The number of unbranched alkanes of at least 4 members (excludes halogenated alkanes) is 1. The molecule has 0 radical (unpaired) electrons. The molecular formula is C14H28N2. The normalized spacial score (nSPS) is 18.8. The van der Waals surface area contributed by atoms with Crippen molar-refractivity contribution in [1.82, 2.24) is 5.32 Å². The highest BCUT2D eigenvalue weighted by atomic mass is 15.0. The van der Waals surface area contributed by atoms with E-state index in [0.29, 0.717) is 0 Å². The molecule has 0 fully saturated rings. The van der Waals surface area contributed by atoms with Crippen LogP contribution in [0.5, 0.6) is 0 Å². The summed E-state index contributed by atoms with van der Waals surface area (Å²) in [7, 11) is 0. The lowest BCUT2D eigenvalue weighted by Crippen LogP contribution is -2.29. The molecule has 2 nitrogen and oxygen atoms in total. The van der Waals surface area contributed by atoms with Crippen LogP contribution in [0.3, 0.4) is 0 Å². The first-order valence-electron chi connectivity index (χ1n) is 7.14. The van der Waals surface area contributed by atoms with Gasteiger partial charge in [-0.1, -0.05) is 39.5 Å². The highest BCUT2D eigenvalue weighted by Crippen LogP contribution is 2.12. The average molecular weight is 224 g/mol. The van der Waals surface area contributed by atoms with Gasteiger partial charge in [0.2, 0.25) is 0 Å². The molecule has 0 spiro atoms. The third-order valence-electron chi connectivity index (χ3n) is 3.51. The molecule has 1 atom stereocenters. The molecule has 0 aromatic heterocycles. The summed E-state index contributed by atoms with van der Waals surface area (Å²) in [5.74, 6) is 2.11. The lowest BCUT2D eigenvalue weighted by atomic mass is 9.99. The van der Waals surface area contributed by atoms with Crippen LogP contribution in [0.4, 0.5) is 0 Å². The van der Waals surface area contributed by atoms with Crippen LogP contribution >= 0.6 is 0 Å². The van der Waals surface area contributed by atoms with Crippen molar-refractivity contribution in [3.63, 3.8) is 0 Å². The summed E-state index contributed by atoms with van der Waals surface area (Å²) in [5.41, 5.74) is 0. The Morgan fingerprint density at radius 3 is 2.88 bits per heavy atom. The van der Waals surface area contributed by atoms with Gasteiger partial charge < -0.3 is 5.32 Å². The number of nitrogens with zero attached hydrogens (tertiary/aromatic N) is 1. The summed E-state index contributed by atoms with van der Waals surface area (Å²) in [6.45, 7) is 6.75. The van der Waals surface area contributed by atoms with E-state index in [9.17, 15) is 0 Å². The van der Waals surface area contributed by atoms with Crippen LogP contribution in [-0.4, -0.2) is 18.9 Å². The van der Waals surface area contributed by atoms with Gasteiger partial charge in [0.25, 0.3) is 0 Å². The monoisotopic (exact) mass is 224 g/mol. The molecule has 0 amide bonds. The Morgan fingerprint density at radius 2 is 2.12 bits per heavy atom. The Kier molecular flexibility index (Phi) is 7.28. The van der Waals surface area contributed by atoms with Gasteiger partial charge in [0.05, 0.1) is 5.84 Å². The molecule has 0 aromatic rings. The minimum absolute atomic E-state index is 0.839. The van der Waals surface area contributed by atoms with Gasteiger partial charge in [0, 0.05) is 19.5 Å². The van der Waals surface area contributed by atoms with Gasteiger partial charge in [-0.25, -0.2) is 0 Å². The smallest absolute Gasteiger partial charge is 0.0963 e. The molecule has 0 saturated carbocycles. The van der Waals surface area contributed by atoms with E-state index in [1.807, 2.05) is 0 Å². The molecule has 2 heteroatoms. The van der Waals surface area contributed by atoms with Gasteiger partial charge in [-0.3, -0.25) is 4.99 Å². The molecule has 1 unspecified atom stereocenters. The number of hydrogen-bond donors (Lipinski definition) is 1. The van der Waals surface area contributed by atoms with Gasteiger partial charge in [-0.15, -0.1) is 0 Å². The van der Waals surface area contributed by atoms with E-state index in [1.54, 1.807) is 0 Å². The number of hydrogen-bond acceptors (Lipinski definition) is 2. The van der Waals surface area contributed by atoms with E-state index >= 15 is 0 Å². The fourth-order valence-electron chi connectivity index (χ4n) is 2.22. The molecule has 1 aliphatic rings. The molecule has 1 rings (SSSR count). The maximum Gasteiger partial charge on any atom is 0.0963 e. The predicted octanol–water partition coefficient (Wildman–Crippen LogP) is 3.76. The molecule has 1 heterocycles. The second-order valence-electron chi connectivity index (χ2n) is 4.94. The Morgan fingerprint density at radius 1 is 1.25 bits per heavy atom. The highest BCUT2D eigenvalue weighted by Gasteiger charge is 2.08. The van der Waals surface area contributed by atoms with Gasteiger partial charge in [0.1, 0.15) is 0 Å². The largest absolute Gasteiger partial charge is 0.374 e. The Balaban J connectivity index is 2.22. The first-order valence-corrected chi connectivity index (χ1v) is 7.14. The molecule has 1 N–H and O–H groups in total. The molecule has 0 saturated heterocycles. The van der Waals surface area contributed by atoms with Crippen molar-refractivity contribution >= 4 is 5.84 Å². The number of rotatable bonds is 6. The number of nitrogens with one attached hydrogen (secondary N) is 1. The van der Waals surface area contributed by atoms with Gasteiger partial charge in [0.15, 0.2) is 0 Å². The van der Waals surface area contributed by atoms with Crippen LogP contribution in [0.1, 0.15) is 65.2 Å². The van der Waals surface area contributed by atoms with Crippen molar-refractivity contribution in [1.29, 1.82) is 0 Å². The summed E-state index contributed by atoms with van der Waals surface area (Å²) in [6, 6.07) is 0. The van der Waals surface area contributed by atoms with Crippen LogP contribution < -0.4 is 5.32 Å². The molecule has 16 heavy (non-hydrogen) atoms. The van der Waals surface area contributed by atoms with E-state index in [0.717, 1.165) is 19.0 Å². The second kappa shape index (κ2) is 8.60. The van der Waals surface area contributed by atoms with E-state index in [4.69, 9.17) is 0 Å². The first kappa shape index (κ1) is 13.5. The predicted molar refractivity (Wildman–Crippen MR) is 72.1 cm³/mol. The van der Waals surface area contributed by atoms with Crippen LogP contribution in [0, 0.1) is 5.92 Å². The van der Waals surface area contributed by atoms with Crippen molar-refractivity contribution in [3.05, 3.63) is 0 Å². The molecule has 1 aliphatic heterocycles. The lowest BCUT2D eigenvalue weighted by molar-refractivity contribution is 0.444. The lowest BCUT2D eigenvalue weighted by Gasteiger charge is -2.16. The summed E-state index contributed by atoms with van der Waals surface area (Å²) >= 11 is 0. The van der Waals surface area contributed by atoms with Gasteiger partial charge in [-0.05, 0) is 25.2 Å². The maximum absolute atomic E-state index is 4.62. The fourth-order valence-corrected chi connectivity index (χ4v) is 2.22. The maximum atomic E-state index is 4.62. The Labute approximate surface area is 101 Å². The topological polar surface area (TPSA) is 24.4 Å². The standard InChI is InChI=1S/C14H28N2/c1-3-5-9-13(4-2)12-16-14-10-7-6-8-11-15-14/h13H,3-12H2,1-2H3,(H,15,16). The highest BCUT2D eigenvalue weighted by molar-refractivity contribution is 5.82. The first-order chi connectivity index (χ1) is 7.86. The van der Waals surface area contributed by atoms with Gasteiger partial charge >= 0.3 is 0 Å². The van der Waals surface area contributed by atoms with E-state index < -0.39 is 0 Å². The van der Waals surface area contributed by atoms with E-state index in [2.05, 4.69) is 24.2 Å². The summed E-state index contributed by atoms with van der Waals surface area (Å²) in [5, 5.41) is 3.57. The third kappa shape index (κ3) is 5.53. The molecule has 0 aliphatic carbocycles. The summed E-state index contributed by atoms with van der Waals surface area (Å²) in [6.07, 6.45) is 10.5.